The molecule has 0 aliphatic heterocycles. The predicted octanol–water partition coefficient (Wildman–Crippen LogP) is 1.68. The van der Waals surface area contributed by atoms with Crippen molar-refractivity contribution in [3.05, 3.63) is 67.0 Å². The molecule has 0 aliphatic carbocycles. The highest BCUT2D eigenvalue weighted by Crippen LogP contribution is 2.08. The minimum absolute atomic E-state index is 0.0963. The van der Waals surface area contributed by atoms with E-state index >= 15 is 0 Å². The second kappa shape index (κ2) is 9.15. The predicted molar refractivity (Wildman–Crippen MR) is 104 cm³/mol. The van der Waals surface area contributed by atoms with Crippen molar-refractivity contribution in [2.24, 2.45) is 0 Å². The fourth-order valence-corrected chi connectivity index (χ4v) is 3.16. The van der Waals surface area contributed by atoms with Crippen LogP contribution in [-0.2, 0) is 10.0 Å². The first-order valence-corrected chi connectivity index (χ1v) is 10.1. The number of sulfonamides is 1. The van der Waals surface area contributed by atoms with Gasteiger partial charge in [-0.1, -0.05) is 18.2 Å². The highest BCUT2D eigenvalue weighted by atomic mass is 32.2. The maximum Gasteiger partial charge on any atom is 0.215 e. The number of para-hydroxylation sites is 1. The van der Waals surface area contributed by atoms with Gasteiger partial charge in [-0.05, 0) is 36.4 Å². The van der Waals surface area contributed by atoms with Gasteiger partial charge in [0.15, 0.2) is 5.82 Å². The van der Waals surface area contributed by atoms with E-state index in [0.717, 1.165) is 0 Å². The molecule has 0 radical (unpaired) electrons. The first kappa shape index (κ1) is 18.9. The van der Waals surface area contributed by atoms with Gasteiger partial charge < -0.3 is 14.6 Å². The van der Waals surface area contributed by atoms with Crippen LogP contribution in [0.3, 0.4) is 0 Å². The lowest BCUT2D eigenvalue weighted by Crippen LogP contribution is -2.32. The van der Waals surface area contributed by atoms with Crippen molar-refractivity contribution >= 4 is 15.8 Å². The van der Waals surface area contributed by atoms with Gasteiger partial charge in [0.1, 0.15) is 18.2 Å². The van der Waals surface area contributed by atoms with Gasteiger partial charge in [0.05, 0.1) is 5.75 Å². The molecule has 2 aromatic heterocycles. The molecule has 3 rings (SSSR count). The number of aromatic nitrogens is 3. The molecule has 0 saturated carbocycles. The Morgan fingerprint density at radius 2 is 1.70 bits per heavy atom. The Labute approximate surface area is 158 Å². The highest BCUT2D eigenvalue weighted by Gasteiger charge is 2.09. The zero-order chi connectivity index (χ0) is 19.0. The van der Waals surface area contributed by atoms with Crippen molar-refractivity contribution in [3.8, 4) is 11.6 Å². The fraction of sp³-hybridized carbons (Fsp3) is 0.222. The van der Waals surface area contributed by atoms with E-state index in [0.29, 0.717) is 23.9 Å². The Kier molecular flexibility index (Phi) is 6.39. The quantitative estimate of drug-likeness (QED) is 0.514. The molecule has 9 heteroatoms. The van der Waals surface area contributed by atoms with Crippen LogP contribution in [0, 0.1) is 0 Å². The van der Waals surface area contributed by atoms with E-state index in [-0.39, 0.29) is 18.9 Å². The van der Waals surface area contributed by atoms with Crippen LogP contribution >= 0.6 is 0 Å². The number of nitrogens with one attached hydrogen (secondary N) is 2. The average Bonchev–Trinajstić information content (AvgIpc) is 3.21. The lowest BCUT2D eigenvalue weighted by Gasteiger charge is -2.09. The molecule has 0 spiro atoms. The van der Waals surface area contributed by atoms with Crippen molar-refractivity contribution in [1.29, 1.82) is 0 Å². The van der Waals surface area contributed by atoms with Crippen LogP contribution in [0.5, 0.6) is 5.75 Å². The number of benzene rings is 1. The van der Waals surface area contributed by atoms with Crippen LogP contribution in [0.4, 0.5) is 5.82 Å². The zero-order valence-electron chi connectivity index (χ0n) is 14.7. The molecule has 0 unspecified atom stereocenters. The first-order valence-electron chi connectivity index (χ1n) is 8.48. The van der Waals surface area contributed by atoms with Crippen molar-refractivity contribution in [3.63, 3.8) is 0 Å². The normalized spacial score (nSPS) is 11.3. The first-order chi connectivity index (χ1) is 13.1. The highest BCUT2D eigenvalue weighted by molar-refractivity contribution is 7.89. The summed E-state index contributed by atoms with van der Waals surface area (Å²) >= 11 is 0. The van der Waals surface area contributed by atoms with Crippen molar-refractivity contribution in [2.75, 3.05) is 30.8 Å². The van der Waals surface area contributed by atoms with Gasteiger partial charge in [0.2, 0.25) is 10.0 Å². The molecule has 0 bridgehead atoms. The van der Waals surface area contributed by atoms with E-state index < -0.39 is 10.0 Å². The third kappa shape index (κ3) is 6.08. The molecule has 3 aromatic rings. The summed E-state index contributed by atoms with van der Waals surface area (Å²) in [4.78, 5) is 0. The third-order valence-electron chi connectivity index (χ3n) is 3.64. The van der Waals surface area contributed by atoms with E-state index in [1.54, 1.807) is 18.2 Å². The molecule has 0 fully saturated rings. The smallest absolute Gasteiger partial charge is 0.215 e. The molecule has 27 heavy (non-hydrogen) atoms. The Morgan fingerprint density at radius 1 is 0.926 bits per heavy atom. The molecule has 142 valence electrons. The minimum Gasteiger partial charge on any atom is -0.492 e. The Bertz CT molecular complexity index is 913. The van der Waals surface area contributed by atoms with Crippen LogP contribution in [0.15, 0.2) is 67.0 Å². The Hall–Kier alpha value is -2.91. The molecule has 0 saturated heterocycles. The topological polar surface area (TPSA) is 98.1 Å². The van der Waals surface area contributed by atoms with Crippen molar-refractivity contribution in [2.45, 2.75) is 0 Å². The number of ether oxygens (including phenoxy) is 1. The summed E-state index contributed by atoms with van der Waals surface area (Å²) in [6, 6.07) is 16.6. The lowest BCUT2D eigenvalue weighted by molar-refractivity contribution is 0.340. The van der Waals surface area contributed by atoms with Gasteiger partial charge in [0, 0.05) is 25.5 Å². The molecular formula is C18H21N5O3S. The number of nitrogens with zero attached hydrogens (tertiary/aromatic N) is 3. The Balaban J connectivity index is 1.36. The molecule has 0 aliphatic rings. The summed E-state index contributed by atoms with van der Waals surface area (Å²) in [5.74, 6) is 1.84. The molecule has 8 nitrogen and oxygen atoms in total. The van der Waals surface area contributed by atoms with Gasteiger partial charge in [-0.2, -0.15) is 0 Å². The van der Waals surface area contributed by atoms with Crippen molar-refractivity contribution < 1.29 is 13.2 Å². The van der Waals surface area contributed by atoms with Crippen LogP contribution in [-0.4, -0.2) is 48.6 Å². The summed E-state index contributed by atoms with van der Waals surface area (Å²) in [5, 5.41) is 11.2. The molecule has 0 atom stereocenters. The molecule has 1 aromatic carbocycles. The Morgan fingerprint density at radius 3 is 2.41 bits per heavy atom. The summed E-state index contributed by atoms with van der Waals surface area (Å²) < 4.78 is 33.7. The third-order valence-corrected chi connectivity index (χ3v) is 4.98. The maximum absolute atomic E-state index is 12.0. The monoisotopic (exact) mass is 387 g/mol. The van der Waals surface area contributed by atoms with Gasteiger partial charge in [-0.3, -0.25) is 0 Å². The van der Waals surface area contributed by atoms with Gasteiger partial charge >= 0.3 is 0 Å². The zero-order valence-corrected chi connectivity index (χ0v) is 15.5. The van der Waals surface area contributed by atoms with Crippen LogP contribution in [0.1, 0.15) is 0 Å². The maximum atomic E-state index is 12.0. The SMILES string of the molecule is O=S(=O)(CCOc1ccccc1)NCCNc1ccc(-n2cccc2)nn1. The average molecular weight is 387 g/mol. The molecule has 2 N–H and O–H groups in total. The van der Waals surface area contributed by atoms with E-state index in [1.807, 2.05) is 53.4 Å². The van der Waals surface area contributed by atoms with Crippen LogP contribution < -0.4 is 14.8 Å². The minimum atomic E-state index is -3.40. The van der Waals surface area contributed by atoms with Crippen molar-refractivity contribution in [1.82, 2.24) is 19.5 Å². The van der Waals surface area contributed by atoms with Gasteiger partial charge in [0.25, 0.3) is 0 Å². The second-order valence-electron chi connectivity index (χ2n) is 5.67. The second-order valence-corrected chi connectivity index (χ2v) is 7.60. The van der Waals surface area contributed by atoms with E-state index in [9.17, 15) is 8.42 Å². The summed E-state index contributed by atoms with van der Waals surface area (Å²) in [5.41, 5.74) is 0. The van der Waals surface area contributed by atoms with Crippen LogP contribution in [0.25, 0.3) is 5.82 Å². The molecular weight excluding hydrogens is 366 g/mol. The van der Waals surface area contributed by atoms with E-state index in [2.05, 4.69) is 20.2 Å². The lowest BCUT2D eigenvalue weighted by atomic mass is 10.3. The summed E-state index contributed by atoms with van der Waals surface area (Å²) in [6.07, 6.45) is 3.76. The van der Waals surface area contributed by atoms with E-state index in [1.165, 1.54) is 0 Å². The summed E-state index contributed by atoms with van der Waals surface area (Å²) in [6.45, 7) is 0.740. The number of anilines is 1. The number of rotatable bonds is 10. The standard InChI is InChI=1S/C18H21N5O3S/c24-27(25,15-14-26-16-6-2-1-3-7-16)20-11-10-19-17-8-9-18(22-21-17)23-12-4-5-13-23/h1-9,12-13,20H,10-11,14-15H2,(H,19,21). The molecule has 2 heterocycles. The number of hydrogen-bond donors (Lipinski definition) is 2. The van der Waals surface area contributed by atoms with Gasteiger partial charge in [-0.25, -0.2) is 13.1 Å². The molecule has 0 amide bonds. The van der Waals surface area contributed by atoms with Gasteiger partial charge in [-0.15, -0.1) is 10.2 Å². The largest absolute Gasteiger partial charge is 0.492 e. The van der Waals surface area contributed by atoms with E-state index in [4.69, 9.17) is 4.74 Å². The number of hydrogen-bond acceptors (Lipinski definition) is 6. The summed E-state index contributed by atoms with van der Waals surface area (Å²) in [7, 11) is -3.40. The fourth-order valence-electron chi connectivity index (χ4n) is 2.30. The van der Waals surface area contributed by atoms with Crippen LogP contribution in [0.2, 0.25) is 0 Å².